The lowest BCUT2D eigenvalue weighted by Gasteiger charge is -2.41. The van der Waals surface area contributed by atoms with Crippen LogP contribution in [-0.2, 0) is 9.59 Å². The van der Waals surface area contributed by atoms with Gasteiger partial charge in [0.2, 0.25) is 5.91 Å². The standard InChI is InChI=1S/C12H19N3O5/c16-6-9(11(18)19)14-12(20)15-4-3-8-7(5-15)1-2-10(17)13-8/h7-9,16H,1-6H2,(H,13,17)(H,14,20)(H,18,19). The number of amides is 3. The molecule has 0 aromatic heterocycles. The Bertz CT molecular complexity index is 414. The molecule has 2 aliphatic rings. The van der Waals surface area contributed by atoms with Crippen molar-refractivity contribution in [3.63, 3.8) is 0 Å². The summed E-state index contributed by atoms with van der Waals surface area (Å²) in [4.78, 5) is 35.6. The molecule has 4 N–H and O–H groups in total. The van der Waals surface area contributed by atoms with E-state index in [2.05, 4.69) is 10.6 Å². The van der Waals surface area contributed by atoms with Crippen molar-refractivity contribution < 1.29 is 24.6 Å². The lowest BCUT2D eigenvalue weighted by atomic mass is 9.85. The Hall–Kier alpha value is -1.83. The zero-order valence-electron chi connectivity index (χ0n) is 11.0. The summed E-state index contributed by atoms with van der Waals surface area (Å²) in [5.74, 6) is -0.999. The number of hydrogen-bond acceptors (Lipinski definition) is 4. The molecule has 2 saturated heterocycles. The summed E-state index contributed by atoms with van der Waals surface area (Å²) in [5.41, 5.74) is 0. The highest BCUT2D eigenvalue weighted by Crippen LogP contribution is 2.25. The van der Waals surface area contributed by atoms with Crippen LogP contribution in [0.3, 0.4) is 0 Å². The number of aliphatic carboxylic acids is 1. The number of nitrogens with one attached hydrogen (secondary N) is 2. The maximum atomic E-state index is 12.0. The predicted octanol–water partition coefficient (Wildman–Crippen LogP) is -1.26. The summed E-state index contributed by atoms with van der Waals surface area (Å²) in [7, 11) is 0. The molecule has 20 heavy (non-hydrogen) atoms. The van der Waals surface area contributed by atoms with Gasteiger partial charge >= 0.3 is 12.0 Å². The molecule has 0 bridgehead atoms. The Balaban J connectivity index is 1.89. The molecular formula is C12H19N3O5. The van der Waals surface area contributed by atoms with Crippen LogP contribution < -0.4 is 10.6 Å². The molecule has 0 spiro atoms. The summed E-state index contributed by atoms with van der Waals surface area (Å²) in [6, 6.07) is -1.67. The van der Waals surface area contributed by atoms with Crippen molar-refractivity contribution in [1.82, 2.24) is 15.5 Å². The third-order valence-electron chi connectivity index (χ3n) is 3.89. The molecule has 3 amide bonds. The van der Waals surface area contributed by atoms with Gasteiger partial charge in [-0.15, -0.1) is 0 Å². The molecule has 112 valence electrons. The van der Waals surface area contributed by atoms with E-state index in [-0.39, 0.29) is 17.9 Å². The number of aliphatic hydroxyl groups is 1. The number of fused-ring (bicyclic) bond motifs is 1. The van der Waals surface area contributed by atoms with E-state index in [0.717, 1.165) is 6.42 Å². The number of carbonyl (C=O) groups is 3. The van der Waals surface area contributed by atoms with Gasteiger partial charge in [-0.2, -0.15) is 0 Å². The first-order valence-corrected chi connectivity index (χ1v) is 6.69. The molecule has 8 nitrogen and oxygen atoms in total. The van der Waals surface area contributed by atoms with Crippen LogP contribution in [-0.4, -0.2) is 64.8 Å². The van der Waals surface area contributed by atoms with Gasteiger partial charge in [0.25, 0.3) is 0 Å². The van der Waals surface area contributed by atoms with Gasteiger partial charge in [0.15, 0.2) is 6.04 Å². The van der Waals surface area contributed by atoms with Crippen molar-refractivity contribution in [2.45, 2.75) is 31.3 Å². The van der Waals surface area contributed by atoms with Crippen molar-refractivity contribution in [2.24, 2.45) is 5.92 Å². The second-order valence-corrected chi connectivity index (χ2v) is 5.23. The zero-order valence-corrected chi connectivity index (χ0v) is 11.0. The molecule has 3 unspecified atom stereocenters. The minimum Gasteiger partial charge on any atom is -0.480 e. The van der Waals surface area contributed by atoms with Crippen LogP contribution in [0.25, 0.3) is 0 Å². The Kier molecular flexibility index (Phi) is 4.43. The van der Waals surface area contributed by atoms with Crippen LogP contribution in [0.1, 0.15) is 19.3 Å². The van der Waals surface area contributed by atoms with E-state index in [1.54, 1.807) is 4.90 Å². The fourth-order valence-electron chi connectivity index (χ4n) is 2.72. The maximum Gasteiger partial charge on any atom is 0.328 e. The number of nitrogens with zero attached hydrogens (tertiary/aromatic N) is 1. The lowest BCUT2D eigenvalue weighted by molar-refractivity contribution is -0.140. The minimum absolute atomic E-state index is 0.0513. The van der Waals surface area contributed by atoms with E-state index in [9.17, 15) is 14.4 Å². The summed E-state index contributed by atoms with van der Waals surface area (Å²) in [6.45, 7) is 0.316. The first-order valence-electron chi connectivity index (χ1n) is 6.69. The van der Waals surface area contributed by atoms with Crippen molar-refractivity contribution in [3.8, 4) is 0 Å². The third-order valence-corrected chi connectivity index (χ3v) is 3.89. The predicted molar refractivity (Wildman–Crippen MR) is 67.9 cm³/mol. The molecule has 2 fully saturated rings. The fourth-order valence-corrected chi connectivity index (χ4v) is 2.72. The lowest BCUT2D eigenvalue weighted by Crippen LogP contribution is -2.58. The summed E-state index contributed by atoms with van der Waals surface area (Å²) in [5, 5.41) is 22.9. The topological polar surface area (TPSA) is 119 Å². The van der Waals surface area contributed by atoms with E-state index in [0.29, 0.717) is 25.9 Å². The number of aliphatic hydroxyl groups excluding tert-OH is 1. The van der Waals surface area contributed by atoms with Crippen LogP contribution in [0, 0.1) is 5.92 Å². The van der Waals surface area contributed by atoms with Crippen LogP contribution in [0.5, 0.6) is 0 Å². The first kappa shape index (κ1) is 14.6. The molecule has 2 heterocycles. The minimum atomic E-state index is -1.29. The molecule has 3 atom stereocenters. The van der Waals surface area contributed by atoms with Crippen LogP contribution in [0.2, 0.25) is 0 Å². The quantitative estimate of drug-likeness (QED) is 0.516. The van der Waals surface area contributed by atoms with Gasteiger partial charge in [-0.05, 0) is 18.8 Å². The SMILES string of the molecule is O=C1CCC2CN(C(=O)NC(CO)C(=O)O)CCC2N1. The van der Waals surface area contributed by atoms with Gasteiger partial charge in [0.1, 0.15) is 0 Å². The maximum absolute atomic E-state index is 12.0. The summed E-state index contributed by atoms with van der Waals surface area (Å²) in [6.07, 6.45) is 1.87. The van der Waals surface area contributed by atoms with Crippen molar-refractivity contribution >= 4 is 17.9 Å². The Morgan fingerprint density at radius 1 is 1.45 bits per heavy atom. The van der Waals surface area contributed by atoms with Gasteiger partial charge < -0.3 is 25.7 Å². The second kappa shape index (κ2) is 6.08. The number of likely N-dealkylation sites (tertiary alicyclic amines) is 1. The Labute approximate surface area is 116 Å². The van der Waals surface area contributed by atoms with Crippen LogP contribution in [0.4, 0.5) is 4.79 Å². The Morgan fingerprint density at radius 2 is 2.20 bits per heavy atom. The largest absolute Gasteiger partial charge is 0.480 e. The highest BCUT2D eigenvalue weighted by atomic mass is 16.4. The van der Waals surface area contributed by atoms with Gasteiger partial charge in [0.05, 0.1) is 6.61 Å². The highest BCUT2D eigenvalue weighted by molar-refractivity contribution is 5.83. The van der Waals surface area contributed by atoms with E-state index in [1.165, 1.54) is 0 Å². The molecule has 2 aliphatic heterocycles. The summed E-state index contributed by atoms with van der Waals surface area (Å²) < 4.78 is 0. The van der Waals surface area contributed by atoms with E-state index >= 15 is 0 Å². The average Bonchev–Trinajstić information content (AvgIpc) is 2.43. The van der Waals surface area contributed by atoms with E-state index in [1.807, 2.05) is 0 Å². The molecule has 8 heteroatoms. The van der Waals surface area contributed by atoms with Crippen LogP contribution >= 0.6 is 0 Å². The highest BCUT2D eigenvalue weighted by Gasteiger charge is 2.35. The molecule has 0 aromatic rings. The first-order chi connectivity index (χ1) is 9.51. The zero-order chi connectivity index (χ0) is 14.7. The van der Waals surface area contributed by atoms with Crippen molar-refractivity contribution in [2.75, 3.05) is 19.7 Å². The molecular weight excluding hydrogens is 266 g/mol. The molecule has 0 saturated carbocycles. The molecule has 0 aromatic carbocycles. The van der Waals surface area contributed by atoms with Gasteiger partial charge in [-0.25, -0.2) is 9.59 Å². The normalized spacial score (nSPS) is 27.2. The fraction of sp³-hybridized carbons (Fsp3) is 0.750. The van der Waals surface area contributed by atoms with Gasteiger partial charge in [-0.3, -0.25) is 4.79 Å². The smallest absolute Gasteiger partial charge is 0.328 e. The van der Waals surface area contributed by atoms with Crippen molar-refractivity contribution in [3.05, 3.63) is 0 Å². The molecule has 2 rings (SSSR count). The van der Waals surface area contributed by atoms with E-state index in [4.69, 9.17) is 10.2 Å². The molecule has 0 aliphatic carbocycles. The number of urea groups is 1. The number of carbonyl (C=O) groups excluding carboxylic acids is 2. The van der Waals surface area contributed by atoms with Crippen molar-refractivity contribution in [1.29, 1.82) is 0 Å². The molecule has 0 radical (unpaired) electrons. The van der Waals surface area contributed by atoms with Crippen LogP contribution in [0.15, 0.2) is 0 Å². The number of carboxylic acids is 1. The number of hydrogen-bond donors (Lipinski definition) is 4. The number of rotatable bonds is 3. The van der Waals surface area contributed by atoms with Gasteiger partial charge in [-0.1, -0.05) is 0 Å². The van der Waals surface area contributed by atoms with Gasteiger partial charge in [0, 0.05) is 25.6 Å². The third kappa shape index (κ3) is 3.19. The second-order valence-electron chi connectivity index (χ2n) is 5.23. The number of carboxylic acid groups (broad SMARTS) is 1. The Morgan fingerprint density at radius 3 is 2.85 bits per heavy atom. The number of piperidine rings is 2. The summed E-state index contributed by atoms with van der Waals surface area (Å²) >= 11 is 0. The monoisotopic (exact) mass is 285 g/mol. The van der Waals surface area contributed by atoms with E-state index < -0.39 is 24.6 Å². The average molecular weight is 285 g/mol.